The predicted molar refractivity (Wildman–Crippen MR) is 137 cm³/mol. The van der Waals surface area contributed by atoms with Crippen LogP contribution in [-0.2, 0) is 17.8 Å². The van der Waals surface area contributed by atoms with Gasteiger partial charge in [-0.15, -0.1) is 11.3 Å². The van der Waals surface area contributed by atoms with Crippen LogP contribution in [0.1, 0.15) is 5.56 Å². The highest BCUT2D eigenvalue weighted by Crippen LogP contribution is 2.33. The molecule has 0 unspecified atom stereocenters. The predicted octanol–water partition coefficient (Wildman–Crippen LogP) is 5.18. The van der Waals surface area contributed by atoms with E-state index >= 15 is 0 Å². The van der Waals surface area contributed by atoms with Gasteiger partial charge >= 0.3 is 0 Å². The lowest BCUT2D eigenvalue weighted by molar-refractivity contribution is -0.118. The maximum absolute atomic E-state index is 13.4. The fourth-order valence-corrected chi connectivity index (χ4v) is 4.97. The van der Waals surface area contributed by atoms with Crippen LogP contribution in [0.25, 0.3) is 11.3 Å². The van der Waals surface area contributed by atoms with Crippen molar-refractivity contribution >= 4 is 28.6 Å². The number of hydrogen-bond donors (Lipinski definition) is 1. The van der Waals surface area contributed by atoms with E-state index in [1.165, 1.54) is 23.5 Å². The largest absolute Gasteiger partial charge is 0.493 e. The third-order valence-electron chi connectivity index (χ3n) is 5.83. The maximum Gasteiger partial charge on any atom is 0.262 e. The first-order valence-corrected chi connectivity index (χ1v) is 12.2. The quantitative estimate of drug-likeness (QED) is 0.376. The minimum absolute atomic E-state index is 0.0107. The molecule has 9 heteroatoms. The van der Waals surface area contributed by atoms with Crippen molar-refractivity contribution in [2.75, 3.05) is 26.1 Å². The number of thiazole rings is 1. The molecule has 1 aliphatic heterocycles. The molecule has 2 heterocycles. The number of halogens is 1. The average Bonchev–Trinajstić information content (AvgIpc) is 3.30. The fraction of sp³-hybridized carbons (Fsp3) is 0.185. The summed E-state index contributed by atoms with van der Waals surface area (Å²) >= 11 is 1.50. The number of anilines is 1. The van der Waals surface area contributed by atoms with Gasteiger partial charge in [0.05, 0.1) is 31.3 Å². The van der Waals surface area contributed by atoms with Crippen LogP contribution in [0.4, 0.5) is 15.8 Å². The zero-order chi connectivity index (χ0) is 25.1. The molecule has 1 N–H and O–H groups in total. The van der Waals surface area contributed by atoms with Crippen LogP contribution in [0, 0.1) is 5.82 Å². The normalized spacial score (nSPS) is 13.1. The van der Waals surface area contributed by atoms with Crippen molar-refractivity contribution < 1.29 is 23.4 Å². The molecule has 184 valence electrons. The minimum Gasteiger partial charge on any atom is -0.493 e. The van der Waals surface area contributed by atoms with E-state index in [0.717, 1.165) is 21.6 Å². The molecule has 5 rings (SSSR count). The van der Waals surface area contributed by atoms with Crippen LogP contribution in [0.3, 0.4) is 0 Å². The summed E-state index contributed by atoms with van der Waals surface area (Å²) in [6.45, 7) is 0.644. The Balaban J connectivity index is 1.54. The van der Waals surface area contributed by atoms with Crippen molar-refractivity contribution in [1.29, 1.82) is 0 Å². The number of aryl methyl sites for hydroxylation is 1. The molecule has 0 radical (unpaired) electrons. The van der Waals surface area contributed by atoms with E-state index in [-0.39, 0.29) is 18.3 Å². The van der Waals surface area contributed by atoms with Gasteiger partial charge in [-0.05, 0) is 66.6 Å². The molecule has 0 bridgehead atoms. The molecule has 1 amide bonds. The van der Waals surface area contributed by atoms with E-state index in [2.05, 4.69) is 9.88 Å². The lowest BCUT2D eigenvalue weighted by Crippen LogP contribution is -2.25. The smallest absolute Gasteiger partial charge is 0.262 e. The summed E-state index contributed by atoms with van der Waals surface area (Å²) in [6, 6.07) is 17.7. The number of nitrogens with zero attached hydrogens (tertiary/aromatic N) is 2. The Kier molecular flexibility index (Phi) is 6.73. The van der Waals surface area contributed by atoms with E-state index in [0.29, 0.717) is 41.6 Å². The second-order valence-corrected chi connectivity index (χ2v) is 8.97. The van der Waals surface area contributed by atoms with Gasteiger partial charge < -0.3 is 24.1 Å². The van der Waals surface area contributed by atoms with Gasteiger partial charge in [0.1, 0.15) is 11.6 Å². The van der Waals surface area contributed by atoms with Gasteiger partial charge in [-0.2, -0.15) is 0 Å². The molecule has 36 heavy (non-hydrogen) atoms. The number of amides is 1. The lowest BCUT2D eigenvalue weighted by Gasteiger charge is -2.19. The number of benzene rings is 3. The first kappa shape index (κ1) is 23.6. The first-order chi connectivity index (χ1) is 17.5. The number of carbonyl (C=O) groups excluding carboxylic acids is 1. The number of hydrogen-bond acceptors (Lipinski definition) is 6. The van der Waals surface area contributed by atoms with Gasteiger partial charge in [0.2, 0.25) is 0 Å². The summed E-state index contributed by atoms with van der Waals surface area (Å²) in [5.74, 6) is 1.50. The zero-order valence-corrected chi connectivity index (χ0v) is 20.6. The lowest BCUT2D eigenvalue weighted by atomic mass is 10.1. The number of carbonyl (C=O) groups is 1. The van der Waals surface area contributed by atoms with Gasteiger partial charge in [0.25, 0.3) is 5.91 Å². The van der Waals surface area contributed by atoms with Gasteiger partial charge in [0, 0.05) is 17.5 Å². The molecule has 0 saturated heterocycles. The van der Waals surface area contributed by atoms with Gasteiger partial charge in [-0.3, -0.25) is 4.79 Å². The van der Waals surface area contributed by atoms with Gasteiger partial charge in [0.15, 0.2) is 22.9 Å². The van der Waals surface area contributed by atoms with Crippen LogP contribution < -0.4 is 24.3 Å². The summed E-state index contributed by atoms with van der Waals surface area (Å²) in [5.41, 5.74) is 4.25. The number of nitrogens with one attached hydrogen (secondary N) is 1. The molecule has 1 aromatic heterocycles. The van der Waals surface area contributed by atoms with Crippen molar-refractivity contribution in [1.82, 2.24) is 4.57 Å². The van der Waals surface area contributed by atoms with Gasteiger partial charge in [-0.25, -0.2) is 9.38 Å². The van der Waals surface area contributed by atoms with Crippen LogP contribution in [-0.4, -0.2) is 31.3 Å². The number of ether oxygens (including phenoxy) is 3. The number of aromatic nitrogens is 1. The Morgan fingerprint density at radius 1 is 1.06 bits per heavy atom. The number of rotatable bonds is 7. The van der Waals surface area contributed by atoms with Crippen LogP contribution >= 0.6 is 11.3 Å². The molecule has 3 aromatic carbocycles. The summed E-state index contributed by atoms with van der Waals surface area (Å²) in [7, 11) is 3.23. The second-order valence-electron chi connectivity index (χ2n) is 8.13. The molecule has 0 spiro atoms. The van der Waals surface area contributed by atoms with E-state index in [1.807, 2.05) is 41.8 Å². The van der Waals surface area contributed by atoms with E-state index < -0.39 is 0 Å². The minimum atomic E-state index is -0.305. The van der Waals surface area contributed by atoms with Crippen LogP contribution in [0.2, 0.25) is 0 Å². The Morgan fingerprint density at radius 3 is 2.64 bits per heavy atom. The summed E-state index contributed by atoms with van der Waals surface area (Å²) < 4.78 is 31.9. The summed E-state index contributed by atoms with van der Waals surface area (Å²) in [6.07, 6.45) is 0.714. The highest BCUT2D eigenvalue weighted by Gasteiger charge is 2.18. The highest BCUT2D eigenvalue weighted by atomic mass is 32.1. The van der Waals surface area contributed by atoms with Crippen LogP contribution in [0.15, 0.2) is 71.0 Å². The first-order valence-electron chi connectivity index (χ1n) is 11.3. The Hall–Kier alpha value is -4.11. The second kappa shape index (κ2) is 10.2. The average molecular weight is 506 g/mol. The third kappa shape index (κ3) is 4.96. The molecule has 7 nitrogen and oxygen atoms in total. The zero-order valence-electron chi connectivity index (χ0n) is 19.8. The highest BCUT2D eigenvalue weighted by molar-refractivity contribution is 7.07. The summed E-state index contributed by atoms with van der Waals surface area (Å²) in [5, 5.41) is 4.90. The number of fused-ring (bicyclic) bond motifs is 1. The maximum atomic E-state index is 13.4. The van der Waals surface area contributed by atoms with Gasteiger partial charge in [-0.1, -0.05) is 6.07 Å². The third-order valence-corrected chi connectivity index (χ3v) is 6.69. The molecule has 0 aliphatic carbocycles. The van der Waals surface area contributed by atoms with Crippen molar-refractivity contribution in [3.63, 3.8) is 0 Å². The molecule has 4 aromatic rings. The van der Waals surface area contributed by atoms with Crippen molar-refractivity contribution in [2.45, 2.75) is 13.0 Å². The Labute approximate surface area is 211 Å². The van der Waals surface area contributed by atoms with Crippen molar-refractivity contribution in [3.05, 3.63) is 82.2 Å². The van der Waals surface area contributed by atoms with Crippen molar-refractivity contribution in [3.8, 4) is 28.5 Å². The monoisotopic (exact) mass is 505 g/mol. The SMILES string of the molecule is COc1ccc(CCn2c(-c3ccc4c(c3)NC(=O)CO4)csc2=Nc2ccc(F)cc2)cc1OC. The van der Waals surface area contributed by atoms with E-state index in [4.69, 9.17) is 19.2 Å². The fourth-order valence-electron chi connectivity index (χ4n) is 4.01. The Bertz CT molecular complexity index is 1480. The summed E-state index contributed by atoms with van der Waals surface area (Å²) in [4.78, 5) is 17.4. The molecule has 0 saturated carbocycles. The number of methoxy groups -OCH3 is 2. The molecule has 0 atom stereocenters. The molecular weight excluding hydrogens is 481 g/mol. The molecule has 1 aliphatic rings. The van der Waals surface area contributed by atoms with E-state index in [9.17, 15) is 9.18 Å². The molecular formula is C27H24FN3O4S. The van der Waals surface area contributed by atoms with Crippen LogP contribution in [0.5, 0.6) is 17.2 Å². The standard InChI is InChI=1S/C27H24FN3O4S/c1-33-24-9-3-17(13-25(24)34-2)11-12-31-22(16-36-27(31)29-20-7-5-19(28)6-8-20)18-4-10-23-21(14-18)30-26(32)15-35-23/h3-10,13-14,16H,11-12,15H2,1-2H3,(H,30,32). The molecule has 0 fully saturated rings. The van der Waals surface area contributed by atoms with Crippen molar-refractivity contribution in [2.24, 2.45) is 4.99 Å². The van der Waals surface area contributed by atoms with E-state index in [1.54, 1.807) is 26.4 Å². The topological polar surface area (TPSA) is 74.1 Å². The Morgan fingerprint density at radius 2 is 1.86 bits per heavy atom.